The molecule has 1 aromatic carbocycles. The molecular formula is C14H19FN2O. The summed E-state index contributed by atoms with van der Waals surface area (Å²) in [4.78, 5) is 1.93. The molecule has 0 saturated carbocycles. The van der Waals surface area contributed by atoms with E-state index in [1.165, 1.54) is 12.1 Å². The number of halogens is 1. The van der Waals surface area contributed by atoms with Crippen LogP contribution in [0.3, 0.4) is 0 Å². The van der Waals surface area contributed by atoms with Crippen molar-refractivity contribution in [2.45, 2.75) is 19.4 Å². The summed E-state index contributed by atoms with van der Waals surface area (Å²) >= 11 is 0. The van der Waals surface area contributed by atoms with E-state index in [1.807, 2.05) is 25.9 Å². The minimum atomic E-state index is -0.314. The maximum atomic E-state index is 13.4. The fraction of sp³-hybridized carbons (Fsp3) is 0.500. The molecule has 1 rings (SSSR count). The third kappa shape index (κ3) is 2.99. The molecule has 98 valence electrons. The van der Waals surface area contributed by atoms with Crippen molar-refractivity contribution in [3.8, 4) is 11.8 Å². The van der Waals surface area contributed by atoms with E-state index >= 15 is 0 Å². The summed E-state index contributed by atoms with van der Waals surface area (Å²) in [7, 11) is 5.32. The fourth-order valence-electron chi connectivity index (χ4n) is 2.18. The van der Waals surface area contributed by atoms with Crippen molar-refractivity contribution in [3.05, 3.63) is 29.6 Å². The fourth-order valence-corrected chi connectivity index (χ4v) is 2.18. The van der Waals surface area contributed by atoms with E-state index in [0.717, 1.165) is 5.56 Å². The number of hydrogen-bond acceptors (Lipinski definition) is 3. The van der Waals surface area contributed by atoms with Crippen LogP contribution in [0.2, 0.25) is 0 Å². The molecule has 2 atom stereocenters. The van der Waals surface area contributed by atoms with Crippen LogP contribution in [0, 0.1) is 23.1 Å². The molecule has 3 nitrogen and oxygen atoms in total. The van der Waals surface area contributed by atoms with Crippen LogP contribution in [0.5, 0.6) is 5.75 Å². The van der Waals surface area contributed by atoms with E-state index in [4.69, 9.17) is 4.74 Å². The van der Waals surface area contributed by atoms with E-state index in [-0.39, 0.29) is 17.8 Å². The average Bonchev–Trinajstić information content (AvgIpc) is 2.35. The van der Waals surface area contributed by atoms with Gasteiger partial charge in [-0.1, -0.05) is 6.92 Å². The highest BCUT2D eigenvalue weighted by Crippen LogP contribution is 2.35. The summed E-state index contributed by atoms with van der Waals surface area (Å²) in [5, 5.41) is 9.23. The Morgan fingerprint density at radius 1 is 1.44 bits per heavy atom. The van der Waals surface area contributed by atoms with Gasteiger partial charge in [-0.3, -0.25) is 0 Å². The monoisotopic (exact) mass is 250 g/mol. The first kappa shape index (κ1) is 14.5. The molecule has 0 aromatic heterocycles. The van der Waals surface area contributed by atoms with Crippen molar-refractivity contribution < 1.29 is 9.13 Å². The highest BCUT2D eigenvalue weighted by molar-refractivity contribution is 5.37. The van der Waals surface area contributed by atoms with Gasteiger partial charge in [0.15, 0.2) is 0 Å². The van der Waals surface area contributed by atoms with E-state index in [2.05, 4.69) is 6.07 Å². The maximum absolute atomic E-state index is 13.4. The van der Waals surface area contributed by atoms with Gasteiger partial charge in [0.25, 0.3) is 0 Å². The smallest absolute Gasteiger partial charge is 0.123 e. The Morgan fingerprint density at radius 2 is 2.11 bits per heavy atom. The summed E-state index contributed by atoms with van der Waals surface area (Å²) < 4.78 is 18.7. The third-order valence-corrected chi connectivity index (χ3v) is 3.05. The number of methoxy groups -OCH3 is 1. The molecule has 0 saturated heterocycles. The zero-order valence-electron chi connectivity index (χ0n) is 11.3. The molecule has 0 spiro atoms. The van der Waals surface area contributed by atoms with Crippen molar-refractivity contribution in [1.29, 1.82) is 5.26 Å². The van der Waals surface area contributed by atoms with Crippen molar-refractivity contribution in [3.63, 3.8) is 0 Å². The molecule has 0 N–H and O–H groups in total. The first-order chi connectivity index (χ1) is 8.54. The molecule has 0 bridgehead atoms. The Labute approximate surface area is 108 Å². The van der Waals surface area contributed by atoms with Gasteiger partial charge in [0.2, 0.25) is 0 Å². The van der Waals surface area contributed by atoms with Crippen molar-refractivity contribution in [1.82, 2.24) is 4.90 Å². The Kier molecular flexibility index (Phi) is 5.11. The van der Waals surface area contributed by atoms with E-state index < -0.39 is 0 Å². The molecule has 0 aliphatic carbocycles. The number of nitriles is 1. The largest absolute Gasteiger partial charge is 0.496 e. The molecule has 0 aliphatic rings. The maximum Gasteiger partial charge on any atom is 0.123 e. The summed E-state index contributed by atoms with van der Waals surface area (Å²) in [6.45, 7) is 1.95. The van der Waals surface area contributed by atoms with Gasteiger partial charge >= 0.3 is 0 Å². The molecule has 0 radical (unpaired) electrons. The van der Waals surface area contributed by atoms with Crippen molar-refractivity contribution in [2.75, 3.05) is 21.2 Å². The SMILES string of the molecule is CCC(C#N)C(c1cc(F)ccc1OC)N(C)C. The lowest BCUT2D eigenvalue weighted by molar-refractivity contribution is 0.234. The molecule has 0 fully saturated rings. The zero-order valence-corrected chi connectivity index (χ0v) is 11.3. The lowest BCUT2D eigenvalue weighted by Gasteiger charge is -2.29. The second kappa shape index (κ2) is 6.36. The highest BCUT2D eigenvalue weighted by Gasteiger charge is 2.27. The number of hydrogen-bond donors (Lipinski definition) is 0. The second-order valence-corrected chi connectivity index (χ2v) is 4.44. The summed E-state index contributed by atoms with van der Waals surface area (Å²) in [6.07, 6.45) is 0.707. The number of ether oxygens (including phenoxy) is 1. The predicted molar refractivity (Wildman–Crippen MR) is 68.8 cm³/mol. The molecule has 2 unspecified atom stereocenters. The van der Waals surface area contributed by atoms with Crippen molar-refractivity contribution in [2.24, 2.45) is 5.92 Å². The molecule has 0 aliphatic heterocycles. The van der Waals surface area contributed by atoms with Crippen LogP contribution in [0.4, 0.5) is 4.39 Å². The van der Waals surface area contributed by atoms with E-state index in [1.54, 1.807) is 13.2 Å². The van der Waals surface area contributed by atoms with Gasteiger partial charge in [-0.15, -0.1) is 0 Å². The van der Waals surface area contributed by atoms with Gasteiger partial charge in [-0.05, 0) is 38.7 Å². The van der Waals surface area contributed by atoms with Crippen LogP contribution in [0.25, 0.3) is 0 Å². The van der Waals surface area contributed by atoms with Crippen molar-refractivity contribution >= 4 is 0 Å². The van der Waals surface area contributed by atoms with Crippen LogP contribution < -0.4 is 4.74 Å². The summed E-state index contributed by atoms with van der Waals surface area (Å²) in [6, 6.07) is 6.52. The van der Waals surface area contributed by atoms with Gasteiger partial charge in [-0.2, -0.15) is 5.26 Å². The minimum absolute atomic E-state index is 0.175. The van der Waals surface area contributed by atoms with Gasteiger partial charge in [-0.25, -0.2) is 4.39 Å². The van der Waals surface area contributed by atoms with Gasteiger partial charge in [0.05, 0.1) is 25.1 Å². The van der Waals surface area contributed by atoms with Gasteiger partial charge < -0.3 is 9.64 Å². The number of nitrogens with zero attached hydrogens (tertiary/aromatic N) is 2. The standard InChI is InChI=1S/C14H19FN2O/c1-5-10(9-16)14(17(2)3)12-8-11(15)6-7-13(12)18-4/h6-8,10,14H,5H2,1-4H3. The highest BCUT2D eigenvalue weighted by atomic mass is 19.1. The van der Waals surface area contributed by atoms with Gasteiger partial charge in [0, 0.05) is 5.56 Å². The van der Waals surface area contributed by atoms with Crippen LogP contribution in [-0.4, -0.2) is 26.1 Å². The molecular weight excluding hydrogens is 231 g/mol. The van der Waals surface area contributed by atoms with Crippen LogP contribution in [-0.2, 0) is 0 Å². The summed E-state index contributed by atoms with van der Waals surface area (Å²) in [5.74, 6) is 0.102. The Hall–Kier alpha value is -1.60. The lowest BCUT2D eigenvalue weighted by atomic mass is 9.90. The number of benzene rings is 1. The first-order valence-electron chi connectivity index (χ1n) is 5.94. The molecule has 1 aromatic rings. The van der Waals surface area contributed by atoms with Crippen LogP contribution in [0.15, 0.2) is 18.2 Å². The third-order valence-electron chi connectivity index (χ3n) is 3.05. The first-order valence-corrected chi connectivity index (χ1v) is 5.94. The van der Waals surface area contributed by atoms with E-state index in [9.17, 15) is 9.65 Å². The van der Waals surface area contributed by atoms with E-state index in [0.29, 0.717) is 12.2 Å². The van der Waals surface area contributed by atoms with Crippen LogP contribution in [0.1, 0.15) is 24.9 Å². The zero-order chi connectivity index (χ0) is 13.7. The molecule has 18 heavy (non-hydrogen) atoms. The normalized spacial score (nSPS) is 14.1. The minimum Gasteiger partial charge on any atom is -0.496 e. The number of rotatable bonds is 5. The molecule has 4 heteroatoms. The summed E-state index contributed by atoms with van der Waals surface area (Å²) in [5.41, 5.74) is 0.718. The van der Waals surface area contributed by atoms with Crippen LogP contribution >= 0.6 is 0 Å². The quantitative estimate of drug-likeness (QED) is 0.806. The topological polar surface area (TPSA) is 36.3 Å². The Balaban J connectivity index is 3.29. The second-order valence-electron chi connectivity index (χ2n) is 4.44. The Morgan fingerprint density at radius 3 is 2.56 bits per heavy atom. The van der Waals surface area contributed by atoms with Gasteiger partial charge in [0.1, 0.15) is 11.6 Å². The lowest BCUT2D eigenvalue weighted by Crippen LogP contribution is -2.27. The Bertz CT molecular complexity index is 440. The average molecular weight is 250 g/mol. The molecule has 0 amide bonds. The predicted octanol–water partition coefficient (Wildman–Crippen LogP) is 2.99. The molecule has 0 heterocycles.